The number of benzene rings is 1. The van der Waals surface area contributed by atoms with Crippen LogP contribution in [0.1, 0.15) is 42.6 Å². The van der Waals surface area contributed by atoms with E-state index in [1.54, 1.807) is 0 Å². The molecule has 0 spiro atoms. The Labute approximate surface area is 140 Å². The fourth-order valence-corrected chi connectivity index (χ4v) is 3.40. The smallest absolute Gasteiger partial charge is 0.341 e. The number of aromatic amines is 1. The van der Waals surface area contributed by atoms with E-state index in [0.29, 0.717) is 18.2 Å². The van der Waals surface area contributed by atoms with Gasteiger partial charge in [0.05, 0.1) is 5.69 Å². The molecule has 0 amide bonds. The van der Waals surface area contributed by atoms with Gasteiger partial charge in [-0.2, -0.15) is 0 Å². The van der Waals surface area contributed by atoms with E-state index in [4.69, 9.17) is 5.11 Å². The van der Waals surface area contributed by atoms with Gasteiger partial charge in [-0.1, -0.05) is 19.1 Å². The average Bonchev–Trinajstić information content (AvgIpc) is 3.00. The Balaban J connectivity index is 1.98. The summed E-state index contributed by atoms with van der Waals surface area (Å²) >= 11 is 0. The monoisotopic (exact) mass is 326 g/mol. The second kappa shape index (κ2) is 6.51. The zero-order valence-electron chi connectivity index (χ0n) is 14.0. The quantitative estimate of drug-likeness (QED) is 0.904. The van der Waals surface area contributed by atoms with Crippen molar-refractivity contribution < 1.29 is 9.90 Å². The molecule has 1 aromatic heterocycles. The van der Waals surface area contributed by atoms with Crippen molar-refractivity contribution in [3.8, 4) is 11.3 Å². The van der Waals surface area contributed by atoms with Crippen molar-refractivity contribution in [1.82, 2.24) is 4.98 Å². The van der Waals surface area contributed by atoms with E-state index in [2.05, 4.69) is 28.9 Å². The Morgan fingerprint density at radius 3 is 2.58 bits per heavy atom. The number of nitrogens with zero attached hydrogens (tertiary/aromatic N) is 1. The molecule has 2 aromatic rings. The maximum absolute atomic E-state index is 12.0. The number of rotatable bonds is 4. The first-order valence-corrected chi connectivity index (χ1v) is 8.37. The van der Waals surface area contributed by atoms with Gasteiger partial charge in [0.2, 0.25) is 0 Å². The number of anilines is 1. The molecular weight excluding hydrogens is 304 g/mol. The topological polar surface area (TPSA) is 73.4 Å². The molecule has 1 fully saturated rings. The second-order valence-corrected chi connectivity index (χ2v) is 6.30. The summed E-state index contributed by atoms with van der Waals surface area (Å²) in [7, 11) is 0. The molecule has 24 heavy (non-hydrogen) atoms. The molecule has 0 bridgehead atoms. The first-order valence-electron chi connectivity index (χ1n) is 8.37. The average molecular weight is 326 g/mol. The molecule has 0 radical (unpaired) electrons. The molecule has 1 aliphatic rings. The van der Waals surface area contributed by atoms with Crippen LogP contribution in [0.15, 0.2) is 35.1 Å². The normalized spacial score (nSPS) is 17.2. The minimum atomic E-state index is -1.20. The van der Waals surface area contributed by atoms with Crippen molar-refractivity contribution in [3.63, 3.8) is 0 Å². The molecule has 1 atom stereocenters. The van der Waals surface area contributed by atoms with Gasteiger partial charge in [0.15, 0.2) is 0 Å². The van der Waals surface area contributed by atoms with Crippen LogP contribution in [0.25, 0.3) is 11.3 Å². The van der Waals surface area contributed by atoms with Crippen LogP contribution in [0, 0.1) is 0 Å². The number of aromatic carboxylic acids is 1. The van der Waals surface area contributed by atoms with Gasteiger partial charge in [-0.25, -0.2) is 4.79 Å². The lowest BCUT2D eigenvalue weighted by atomic mass is 10.0. The van der Waals surface area contributed by atoms with Crippen molar-refractivity contribution in [2.24, 2.45) is 0 Å². The zero-order valence-corrected chi connectivity index (χ0v) is 14.0. The summed E-state index contributed by atoms with van der Waals surface area (Å²) in [4.78, 5) is 28.3. The Morgan fingerprint density at radius 1 is 1.33 bits per heavy atom. The number of pyridine rings is 1. The Hall–Kier alpha value is -2.56. The third-order valence-corrected chi connectivity index (χ3v) is 4.77. The van der Waals surface area contributed by atoms with Crippen LogP contribution in [-0.4, -0.2) is 28.6 Å². The summed E-state index contributed by atoms with van der Waals surface area (Å²) < 4.78 is 0. The van der Waals surface area contributed by atoms with E-state index < -0.39 is 11.5 Å². The minimum Gasteiger partial charge on any atom is -0.477 e. The lowest BCUT2D eigenvalue weighted by Crippen LogP contribution is -2.26. The van der Waals surface area contributed by atoms with Gasteiger partial charge in [0, 0.05) is 18.3 Å². The number of hydrogen-bond donors (Lipinski definition) is 2. The Bertz CT molecular complexity index is 808. The van der Waals surface area contributed by atoms with E-state index >= 15 is 0 Å². The van der Waals surface area contributed by atoms with Gasteiger partial charge < -0.3 is 15.0 Å². The molecule has 3 rings (SSSR count). The molecule has 2 N–H and O–H groups in total. The lowest BCUT2D eigenvalue weighted by molar-refractivity contribution is 0.0695. The van der Waals surface area contributed by atoms with Crippen molar-refractivity contribution in [3.05, 3.63) is 51.8 Å². The first-order chi connectivity index (χ1) is 11.5. The summed E-state index contributed by atoms with van der Waals surface area (Å²) in [5, 5.41) is 9.10. The van der Waals surface area contributed by atoms with Crippen LogP contribution in [-0.2, 0) is 6.42 Å². The molecule has 1 aliphatic heterocycles. The zero-order chi connectivity index (χ0) is 17.3. The van der Waals surface area contributed by atoms with Crippen LogP contribution in [0.4, 0.5) is 5.69 Å². The molecule has 1 aromatic carbocycles. The number of carboxylic acids is 1. The SMILES string of the molecule is CCc1cc(C(=O)O)c(=O)[nH]c1-c1ccc(N2CCC[C@@H]2C)cc1. The van der Waals surface area contributed by atoms with Gasteiger partial charge in [-0.15, -0.1) is 0 Å². The maximum atomic E-state index is 12.0. The molecule has 2 heterocycles. The summed E-state index contributed by atoms with van der Waals surface area (Å²) in [5.41, 5.74) is 2.84. The van der Waals surface area contributed by atoms with E-state index in [1.807, 2.05) is 19.1 Å². The molecule has 1 saturated heterocycles. The van der Waals surface area contributed by atoms with Gasteiger partial charge in [0.1, 0.15) is 5.56 Å². The standard InChI is InChI=1S/C19H22N2O3/c1-3-13-11-16(19(23)24)18(22)20-17(13)14-6-8-15(9-7-14)21-10-4-5-12(21)2/h6-9,11-12H,3-5,10H2,1-2H3,(H,20,22)(H,23,24)/t12-/m0/s1. The van der Waals surface area contributed by atoms with Crippen molar-refractivity contribution in [2.75, 3.05) is 11.4 Å². The number of carbonyl (C=O) groups is 1. The van der Waals surface area contributed by atoms with E-state index in [9.17, 15) is 9.59 Å². The number of nitrogens with one attached hydrogen (secondary N) is 1. The molecule has 5 heteroatoms. The number of H-pyrrole nitrogens is 1. The van der Waals surface area contributed by atoms with Gasteiger partial charge in [-0.3, -0.25) is 4.79 Å². The van der Waals surface area contributed by atoms with Crippen LogP contribution in [0.5, 0.6) is 0 Å². The van der Waals surface area contributed by atoms with Crippen LogP contribution in [0.3, 0.4) is 0 Å². The summed E-state index contributed by atoms with van der Waals surface area (Å²) in [6, 6.07) is 10.2. The van der Waals surface area contributed by atoms with Crippen molar-refractivity contribution in [2.45, 2.75) is 39.2 Å². The van der Waals surface area contributed by atoms with Crippen LogP contribution < -0.4 is 10.5 Å². The highest BCUT2D eigenvalue weighted by Crippen LogP contribution is 2.28. The number of aromatic nitrogens is 1. The number of aryl methyl sites for hydroxylation is 1. The predicted molar refractivity (Wildman–Crippen MR) is 94.9 cm³/mol. The third-order valence-electron chi connectivity index (χ3n) is 4.77. The maximum Gasteiger partial charge on any atom is 0.341 e. The largest absolute Gasteiger partial charge is 0.477 e. The van der Waals surface area contributed by atoms with Crippen molar-refractivity contribution >= 4 is 11.7 Å². The van der Waals surface area contributed by atoms with E-state index in [0.717, 1.165) is 17.7 Å². The molecular formula is C19H22N2O3. The Morgan fingerprint density at radius 2 is 2.04 bits per heavy atom. The minimum absolute atomic E-state index is 0.210. The highest BCUT2D eigenvalue weighted by atomic mass is 16.4. The molecule has 0 aliphatic carbocycles. The highest BCUT2D eigenvalue weighted by Gasteiger charge is 2.20. The van der Waals surface area contributed by atoms with Crippen molar-refractivity contribution in [1.29, 1.82) is 0 Å². The number of hydrogen-bond acceptors (Lipinski definition) is 3. The van der Waals surface area contributed by atoms with Crippen LogP contribution in [0.2, 0.25) is 0 Å². The predicted octanol–water partition coefficient (Wildman–Crippen LogP) is 3.29. The number of carboxylic acid groups (broad SMARTS) is 1. The van der Waals surface area contributed by atoms with E-state index in [-0.39, 0.29) is 5.56 Å². The van der Waals surface area contributed by atoms with E-state index in [1.165, 1.54) is 24.6 Å². The summed E-state index contributed by atoms with van der Waals surface area (Å²) in [6.07, 6.45) is 3.08. The highest BCUT2D eigenvalue weighted by molar-refractivity contribution is 5.88. The molecule has 126 valence electrons. The molecule has 5 nitrogen and oxygen atoms in total. The fourth-order valence-electron chi connectivity index (χ4n) is 3.40. The molecule has 0 saturated carbocycles. The summed E-state index contributed by atoms with van der Waals surface area (Å²) in [5.74, 6) is -1.20. The first kappa shape index (κ1) is 16.3. The third kappa shape index (κ3) is 2.94. The fraction of sp³-hybridized carbons (Fsp3) is 0.368. The lowest BCUT2D eigenvalue weighted by Gasteiger charge is -2.24. The Kier molecular flexibility index (Phi) is 4.42. The summed E-state index contributed by atoms with van der Waals surface area (Å²) in [6.45, 7) is 5.26. The van der Waals surface area contributed by atoms with Gasteiger partial charge in [-0.05, 0) is 55.5 Å². The molecule has 0 unspecified atom stereocenters. The van der Waals surface area contributed by atoms with Gasteiger partial charge >= 0.3 is 5.97 Å². The second-order valence-electron chi connectivity index (χ2n) is 6.30. The van der Waals surface area contributed by atoms with Gasteiger partial charge in [0.25, 0.3) is 5.56 Å². The van der Waals surface area contributed by atoms with Crippen LogP contribution >= 0.6 is 0 Å².